The van der Waals surface area contributed by atoms with Crippen LogP contribution in [0.5, 0.6) is 0 Å². The van der Waals surface area contributed by atoms with Crippen molar-refractivity contribution in [2.45, 2.75) is 45.6 Å². The molecule has 0 aromatic heterocycles. The van der Waals surface area contributed by atoms with Crippen LogP contribution in [0, 0.1) is 0 Å². The van der Waals surface area contributed by atoms with Crippen molar-refractivity contribution in [1.82, 2.24) is 4.90 Å². The molecular formula is C16H23NO2. The third-order valence-electron chi connectivity index (χ3n) is 3.79. The van der Waals surface area contributed by atoms with E-state index in [2.05, 4.69) is 12.1 Å². The molecule has 1 aliphatic rings. The maximum atomic E-state index is 12.5. The fraction of sp³-hybridized carbons (Fsp3) is 0.562. The lowest BCUT2D eigenvalue weighted by molar-refractivity contribution is 0.0693. The molecule has 1 aromatic rings. The molecule has 19 heavy (non-hydrogen) atoms. The Balaban J connectivity index is 2.16. The summed E-state index contributed by atoms with van der Waals surface area (Å²) < 4.78 is 0. The van der Waals surface area contributed by atoms with Crippen LogP contribution in [-0.4, -0.2) is 35.1 Å². The molecule has 1 aliphatic carbocycles. The predicted octanol–water partition coefficient (Wildman–Crippen LogP) is 2.41. The number of aryl methyl sites for hydroxylation is 2. The molecule has 0 aliphatic heterocycles. The topological polar surface area (TPSA) is 40.5 Å². The highest BCUT2D eigenvalue weighted by molar-refractivity contribution is 5.94. The van der Waals surface area contributed by atoms with E-state index in [9.17, 15) is 4.79 Å². The van der Waals surface area contributed by atoms with Crippen LogP contribution in [-0.2, 0) is 12.8 Å². The maximum Gasteiger partial charge on any atom is 0.254 e. The second kappa shape index (κ2) is 6.20. The molecule has 1 amide bonds. The van der Waals surface area contributed by atoms with Gasteiger partial charge in [0.05, 0.1) is 0 Å². The first-order valence-corrected chi connectivity index (χ1v) is 7.17. The first kappa shape index (κ1) is 14.1. The van der Waals surface area contributed by atoms with Gasteiger partial charge >= 0.3 is 0 Å². The van der Waals surface area contributed by atoms with Crippen LogP contribution in [0.3, 0.4) is 0 Å². The van der Waals surface area contributed by atoms with Crippen LogP contribution >= 0.6 is 0 Å². The second-order valence-electron chi connectivity index (χ2n) is 5.51. The number of nitrogens with zero attached hydrogens (tertiary/aromatic N) is 1. The van der Waals surface area contributed by atoms with E-state index in [-0.39, 0.29) is 18.6 Å². The summed E-state index contributed by atoms with van der Waals surface area (Å²) in [6.07, 6.45) is 4.07. The summed E-state index contributed by atoms with van der Waals surface area (Å²) in [4.78, 5) is 14.4. The molecule has 1 aromatic carbocycles. The molecule has 0 fully saturated rings. The van der Waals surface area contributed by atoms with Crippen LogP contribution < -0.4 is 0 Å². The maximum absolute atomic E-state index is 12.5. The first-order valence-electron chi connectivity index (χ1n) is 7.17. The van der Waals surface area contributed by atoms with E-state index in [4.69, 9.17) is 5.11 Å². The van der Waals surface area contributed by atoms with Gasteiger partial charge in [0.25, 0.3) is 5.91 Å². The van der Waals surface area contributed by atoms with E-state index >= 15 is 0 Å². The molecule has 0 unspecified atom stereocenters. The Hall–Kier alpha value is -1.35. The van der Waals surface area contributed by atoms with Gasteiger partial charge in [0.1, 0.15) is 0 Å². The molecule has 0 bridgehead atoms. The lowest BCUT2D eigenvalue weighted by atomic mass is 10.0. The van der Waals surface area contributed by atoms with Gasteiger partial charge < -0.3 is 10.0 Å². The zero-order chi connectivity index (χ0) is 13.8. The largest absolute Gasteiger partial charge is 0.396 e. The predicted molar refractivity (Wildman–Crippen MR) is 76.3 cm³/mol. The number of carbonyl (C=O) groups excluding carboxylic acids is 1. The van der Waals surface area contributed by atoms with Gasteiger partial charge in [-0.3, -0.25) is 4.79 Å². The Kier molecular flexibility index (Phi) is 4.59. The Labute approximate surface area is 115 Å². The summed E-state index contributed by atoms with van der Waals surface area (Å²) in [5.41, 5.74) is 3.51. The van der Waals surface area contributed by atoms with E-state index in [0.717, 1.165) is 18.4 Å². The van der Waals surface area contributed by atoms with E-state index in [1.165, 1.54) is 17.5 Å². The van der Waals surface area contributed by atoms with Crippen molar-refractivity contribution in [2.75, 3.05) is 13.2 Å². The van der Waals surface area contributed by atoms with Crippen LogP contribution in [0.1, 0.15) is 48.2 Å². The van der Waals surface area contributed by atoms with E-state index in [0.29, 0.717) is 13.0 Å². The summed E-state index contributed by atoms with van der Waals surface area (Å²) in [6, 6.07) is 6.26. The molecule has 3 heteroatoms. The average molecular weight is 261 g/mol. The molecule has 2 rings (SSSR count). The molecular weight excluding hydrogens is 238 g/mol. The molecule has 0 atom stereocenters. The quantitative estimate of drug-likeness (QED) is 0.884. The molecule has 3 nitrogen and oxygen atoms in total. The number of aliphatic hydroxyl groups is 1. The molecule has 0 spiro atoms. The van der Waals surface area contributed by atoms with Gasteiger partial charge in [0, 0.05) is 24.8 Å². The minimum Gasteiger partial charge on any atom is -0.396 e. The Morgan fingerprint density at radius 3 is 2.74 bits per heavy atom. The number of amides is 1. The number of fused-ring (bicyclic) bond motifs is 1. The number of carbonyl (C=O) groups is 1. The van der Waals surface area contributed by atoms with Gasteiger partial charge in [-0.25, -0.2) is 0 Å². The normalized spacial score (nSPS) is 13.7. The highest BCUT2D eigenvalue weighted by atomic mass is 16.3. The fourth-order valence-corrected chi connectivity index (χ4v) is 2.71. The molecule has 0 saturated heterocycles. The third kappa shape index (κ3) is 3.16. The summed E-state index contributed by atoms with van der Waals surface area (Å²) >= 11 is 0. The summed E-state index contributed by atoms with van der Waals surface area (Å²) in [6.45, 7) is 4.77. The van der Waals surface area contributed by atoms with Crippen LogP contribution in [0.25, 0.3) is 0 Å². The lowest BCUT2D eigenvalue weighted by Crippen LogP contribution is -2.38. The van der Waals surface area contributed by atoms with Crippen LogP contribution in [0.4, 0.5) is 0 Å². The van der Waals surface area contributed by atoms with Gasteiger partial charge in [0.2, 0.25) is 0 Å². The number of aliphatic hydroxyl groups excluding tert-OH is 1. The highest BCUT2D eigenvalue weighted by Crippen LogP contribution is 2.23. The van der Waals surface area contributed by atoms with Crippen LogP contribution in [0.15, 0.2) is 18.2 Å². The lowest BCUT2D eigenvalue weighted by Gasteiger charge is -2.26. The van der Waals surface area contributed by atoms with Crippen molar-refractivity contribution in [3.8, 4) is 0 Å². The Bertz CT molecular complexity index is 454. The molecule has 0 heterocycles. The van der Waals surface area contributed by atoms with Gasteiger partial charge in [-0.2, -0.15) is 0 Å². The zero-order valence-electron chi connectivity index (χ0n) is 11.9. The van der Waals surface area contributed by atoms with E-state index in [1.54, 1.807) is 0 Å². The zero-order valence-corrected chi connectivity index (χ0v) is 11.9. The number of hydrogen-bond donors (Lipinski definition) is 1. The van der Waals surface area contributed by atoms with Gasteiger partial charge in [-0.05, 0) is 62.8 Å². The number of rotatable bonds is 5. The molecule has 104 valence electrons. The van der Waals surface area contributed by atoms with Crippen molar-refractivity contribution in [3.63, 3.8) is 0 Å². The minimum atomic E-state index is 0.0816. The standard InChI is InChI=1S/C16H23NO2/c1-12(2)17(9-4-10-18)16(19)15-8-7-13-5-3-6-14(13)11-15/h7-8,11-12,18H,3-6,9-10H2,1-2H3. The van der Waals surface area contributed by atoms with Crippen molar-refractivity contribution < 1.29 is 9.90 Å². The fourth-order valence-electron chi connectivity index (χ4n) is 2.71. The molecule has 1 N–H and O–H groups in total. The number of benzene rings is 1. The van der Waals surface area contributed by atoms with Gasteiger partial charge in [-0.1, -0.05) is 6.07 Å². The van der Waals surface area contributed by atoms with Gasteiger partial charge in [0.15, 0.2) is 0 Å². The summed E-state index contributed by atoms with van der Waals surface area (Å²) in [7, 11) is 0. The summed E-state index contributed by atoms with van der Waals surface area (Å²) in [5, 5.41) is 8.94. The Morgan fingerprint density at radius 1 is 1.32 bits per heavy atom. The minimum absolute atomic E-state index is 0.0816. The highest BCUT2D eigenvalue weighted by Gasteiger charge is 2.20. The summed E-state index contributed by atoms with van der Waals surface area (Å²) in [5.74, 6) is 0.0816. The smallest absolute Gasteiger partial charge is 0.254 e. The first-order chi connectivity index (χ1) is 9.13. The molecule has 0 saturated carbocycles. The van der Waals surface area contributed by atoms with Crippen molar-refractivity contribution >= 4 is 5.91 Å². The van der Waals surface area contributed by atoms with Crippen molar-refractivity contribution in [3.05, 3.63) is 34.9 Å². The second-order valence-corrected chi connectivity index (χ2v) is 5.51. The van der Waals surface area contributed by atoms with E-state index in [1.807, 2.05) is 24.8 Å². The monoisotopic (exact) mass is 261 g/mol. The SMILES string of the molecule is CC(C)N(CCCO)C(=O)c1ccc2c(c1)CCC2. The Morgan fingerprint density at radius 2 is 2.05 bits per heavy atom. The average Bonchev–Trinajstić information content (AvgIpc) is 2.85. The van der Waals surface area contributed by atoms with E-state index < -0.39 is 0 Å². The van der Waals surface area contributed by atoms with Gasteiger partial charge in [-0.15, -0.1) is 0 Å². The van der Waals surface area contributed by atoms with Crippen molar-refractivity contribution in [2.24, 2.45) is 0 Å². The third-order valence-corrected chi connectivity index (χ3v) is 3.79. The molecule has 0 radical (unpaired) electrons. The van der Waals surface area contributed by atoms with Crippen molar-refractivity contribution in [1.29, 1.82) is 0 Å². The number of hydrogen-bond acceptors (Lipinski definition) is 2. The van der Waals surface area contributed by atoms with Crippen LogP contribution in [0.2, 0.25) is 0 Å².